The van der Waals surface area contributed by atoms with Gasteiger partial charge < -0.3 is 9.64 Å². The summed E-state index contributed by atoms with van der Waals surface area (Å²) in [6.07, 6.45) is 0.0561. The molecule has 1 saturated heterocycles. The SMILES string of the molecule is COC(=O)N1CCC(=O)C1. The second-order valence-corrected chi connectivity index (χ2v) is 2.18. The molecule has 0 saturated carbocycles. The Morgan fingerprint density at radius 2 is 2.40 bits per heavy atom. The van der Waals surface area contributed by atoms with E-state index in [0.29, 0.717) is 13.0 Å². The molecule has 1 aliphatic rings. The van der Waals surface area contributed by atoms with Crippen LogP contribution in [0.4, 0.5) is 4.79 Å². The van der Waals surface area contributed by atoms with Gasteiger partial charge in [-0.2, -0.15) is 0 Å². The molecule has 4 nitrogen and oxygen atoms in total. The van der Waals surface area contributed by atoms with Gasteiger partial charge in [0.05, 0.1) is 13.7 Å². The van der Waals surface area contributed by atoms with E-state index in [1.807, 2.05) is 0 Å². The van der Waals surface area contributed by atoms with E-state index in [0.717, 1.165) is 0 Å². The summed E-state index contributed by atoms with van der Waals surface area (Å²) in [5, 5.41) is 0. The Labute approximate surface area is 58.8 Å². The molecule has 1 amide bonds. The summed E-state index contributed by atoms with van der Waals surface area (Å²) in [6.45, 7) is 0.720. The molecule has 1 aliphatic heterocycles. The summed E-state index contributed by atoms with van der Waals surface area (Å²) in [5.41, 5.74) is 0. The van der Waals surface area contributed by atoms with E-state index >= 15 is 0 Å². The number of nitrogens with zero attached hydrogens (tertiary/aromatic N) is 1. The third-order valence-corrected chi connectivity index (χ3v) is 1.46. The minimum Gasteiger partial charge on any atom is -0.453 e. The first kappa shape index (κ1) is 7.05. The lowest BCUT2D eigenvalue weighted by atomic mass is 10.4. The van der Waals surface area contributed by atoms with Gasteiger partial charge in [0.15, 0.2) is 5.78 Å². The van der Waals surface area contributed by atoms with Crippen LogP contribution in [0.1, 0.15) is 6.42 Å². The maximum Gasteiger partial charge on any atom is 0.409 e. The number of carbonyl (C=O) groups excluding carboxylic acids is 2. The quantitative estimate of drug-likeness (QED) is 0.480. The first-order chi connectivity index (χ1) is 4.74. The van der Waals surface area contributed by atoms with E-state index in [1.165, 1.54) is 12.0 Å². The second kappa shape index (κ2) is 2.68. The number of likely N-dealkylation sites (tertiary alicyclic amines) is 1. The van der Waals surface area contributed by atoms with Crippen molar-refractivity contribution in [1.82, 2.24) is 4.90 Å². The fourth-order valence-corrected chi connectivity index (χ4v) is 0.916. The van der Waals surface area contributed by atoms with Crippen LogP contribution < -0.4 is 0 Å². The first-order valence-electron chi connectivity index (χ1n) is 3.08. The Hall–Kier alpha value is -1.06. The van der Waals surface area contributed by atoms with Crippen LogP contribution >= 0.6 is 0 Å². The molecule has 10 heavy (non-hydrogen) atoms. The zero-order chi connectivity index (χ0) is 7.56. The zero-order valence-electron chi connectivity index (χ0n) is 5.79. The smallest absolute Gasteiger partial charge is 0.409 e. The summed E-state index contributed by atoms with van der Waals surface area (Å²) < 4.78 is 4.42. The normalized spacial score (nSPS) is 17.7. The standard InChI is InChI=1S/C6H9NO3/c1-10-6(9)7-3-2-5(8)4-7/h2-4H2,1H3. The lowest BCUT2D eigenvalue weighted by Gasteiger charge is -2.10. The molecular weight excluding hydrogens is 134 g/mol. The molecule has 0 unspecified atom stereocenters. The highest BCUT2D eigenvalue weighted by atomic mass is 16.5. The summed E-state index contributed by atoms with van der Waals surface area (Å²) >= 11 is 0. The van der Waals surface area contributed by atoms with Crippen molar-refractivity contribution < 1.29 is 14.3 Å². The minimum absolute atomic E-state index is 0.102. The largest absolute Gasteiger partial charge is 0.453 e. The number of hydrogen-bond donors (Lipinski definition) is 0. The van der Waals surface area contributed by atoms with Gasteiger partial charge in [-0.15, -0.1) is 0 Å². The Balaban J connectivity index is 2.44. The maximum atomic E-state index is 10.7. The molecule has 0 N–H and O–H groups in total. The van der Waals surface area contributed by atoms with Crippen molar-refractivity contribution in [3.63, 3.8) is 0 Å². The van der Waals surface area contributed by atoms with Gasteiger partial charge in [-0.05, 0) is 0 Å². The average Bonchev–Trinajstić information content (AvgIpc) is 2.34. The molecule has 1 rings (SSSR count). The monoisotopic (exact) mass is 143 g/mol. The van der Waals surface area contributed by atoms with E-state index in [4.69, 9.17) is 0 Å². The molecule has 0 radical (unpaired) electrons. The third kappa shape index (κ3) is 1.26. The molecule has 1 fully saturated rings. The zero-order valence-corrected chi connectivity index (χ0v) is 5.79. The van der Waals surface area contributed by atoms with Crippen molar-refractivity contribution in [2.45, 2.75) is 6.42 Å². The molecule has 0 aromatic rings. The lowest BCUT2D eigenvalue weighted by Crippen LogP contribution is -2.28. The summed E-state index contributed by atoms with van der Waals surface area (Å²) in [6, 6.07) is 0. The molecule has 0 atom stereocenters. The molecule has 0 bridgehead atoms. The lowest BCUT2D eigenvalue weighted by molar-refractivity contribution is -0.116. The highest BCUT2D eigenvalue weighted by Gasteiger charge is 2.23. The van der Waals surface area contributed by atoms with Crippen LogP contribution in [-0.2, 0) is 9.53 Å². The molecule has 0 aromatic heterocycles. The van der Waals surface area contributed by atoms with Gasteiger partial charge in [0, 0.05) is 13.0 Å². The van der Waals surface area contributed by atoms with E-state index in [-0.39, 0.29) is 12.3 Å². The number of amides is 1. The Morgan fingerprint density at radius 1 is 1.70 bits per heavy atom. The van der Waals surface area contributed by atoms with Gasteiger partial charge in [0.25, 0.3) is 0 Å². The van der Waals surface area contributed by atoms with Gasteiger partial charge in [-0.25, -0.2) is 4.79 Å². The number of rotatable bonds is 0. The number of methoxy groups -OCH3 is 1. The summed E-state index contributed by atoms with van der Waals surface area (Å²) in [4.78, 5) is 22.7. The van der Waals surface area contributed by atoms with Crippen LogP contribution in [0.2, 0.25) is 0 Å². The van der Waals surface area contributed by atoms with Gasteiger partial charge in [-0.1, -0.05) is 0 Å². The van der Waals surface area contributed by atoms with Crippen molar-refractivity contribution in [3.05, 3.63) is 0 Å². The van der Waals surface area contributed by atoms with Gasteiger partial charge >= 0.3 is 6.09 Å². The number of ketones is 1. The van der Waals surface area contributed by atoms with Crippen LogP contribution in [0.15, 0.2) is 0 Å². The van der Waals surface area contributed by atoms with Crippen LogP contribution in [0.3, 0.4) is 0 Å². The van der Waals surface area contributed by atoms with Crippen LogP contribution in [0.5, 0.6) is 0 Å². The molecule has 1 heterocycles. The van der Waals surface area contributed by atoms with Crippen molar-refractivity contribution >= 4 is 11.9 Å². The van der Waals surface area contributed by atoms with Crippen molar-refractivity contribution in [2.24, 2.45) is 0 Å². The summed E-state index contributed by atoms with van der Waals surface area (Å²) in [5.74, 6) is 0.102. The molecular formula is C6H9NO3. The van der Waals surface area contributed by atoms with Crippen LogP contribution in [0.25, 0.3) is 0 Å². The van der Waals surface area contributed by atoms with E-state index in [2.05, 4.69) is 4.74 Å². The minimum atomic E-state index is -0.411. The average molecular weight is 143 g/mol. The third-order valence-electron chi connectivity index (χ3n) is 1.46. The van der Waals surface area contributed by atoms with E-state index < -0.39 is 6.09 Å². The molecule has 4 heteroatoms. The summed E-state index contributed by atoms with van der Waals surface area (Å²) in [7, 11) is 1.31. The fourth-order valence-electron chi connectivity index (χ4n) is 0.916. The predicted octanol–water partition coefficient (Wildman–Crippen LogP) is 0.0276. The molecule has 0 aliphatic carbocycles. The van der Waals surface area contributed by atoms with E-state index in [9.17, 15) is 9.59 Å². The van der Waals surface area contributed by atoms with Gasteiger partial charge in [0.1, 0.15) is 0 Å². The predicted molar refractivity (Wildman–Crippen MR) is 33.6 cm³/mol. The molecule has 56 valence electrons. The number of Topliss-reactive ketones (excluding diaryl/α,β-unsaturated/α-hetero) is 1. The number of ether oxygens (including phenoxy) is 1. The molecule has 0 spiro atoms. The Bertz CT molecular complexity index is 166. The van der Waals surface area contributed by atoms with Crippen LogP contribution in [0, 0.1) is 0 Å². The van der Waals surface area contributed by atoms with E-state index in [1.54, 1.807) is 0 Å². The van der Waals surface area contributed by atoms with Crippen LogP contribution in [-0.4, -0.2) is 37.0 Å². The Kier molecular flexibility index (Phi) is 1.89. The second-order valence-electron chi connectivity index (χ2n) is 2.18. The topological polar surface area (TPSA) is 46.6 Å². The van der Waals surface area contributed by atoms with Crippen molar-refractivity contribution in [3.8, 4) is 0 Å². The first-order valence-corrected chi connectivity index (χ1v) is 3.08. The number of carbonyl (C=O) groups is 2. The van der Waals surface area contributed by atoms with Crippen molar-refractivity contribution in [2.75, 3.05) is 20.2 Å². The van der Waals surface area contributed by atoms with Gasteiger partial charge in [-0.3, -0.25) is 4.79 Å². The molecule has 0 aromatic carbocycles. The fraction of sp³-hybridized carbons (Fsp3) is 0.667. The maximum absolute atomic E-state index is 10.7. The number of hydrogen-bond acceptors (Lipinski definition) is 3. The van der Waals surface area contributed by atoms with Gasteiger partial charge in [0.2, 0.25) is 0 Å². The highest BCUT2D eigenvalue weighted by molar-refractivity contribution is 5.87. The Morgan fingerprint density at radius 3 is 2.80 bits per heavy atom. The highest BCUT2D eigenvalue weighted by Crippen LogP contribution is 2.04. The van der Waals surface area contributed by atoms with Crippen molar-refractivity contribution in [1.29, 1.82) is 0 Å².